The van der Waals surface area contributed by atoms with E-state index >= 15 is 0 Å². The molecular formula is C12H26N2O. The van der Waals surface area contributed by atoms with Gasteiger partial charge in [0.1, 0.15) is 0 Å². The second-order valence-corrected chi connectivity index (χ2v) is 4.62. The highest BCUT2D eigenvalue weighted by atomic mass is 16.5. The van der Waals surface area contributed by atoms with E-state index in [9.17, 15) is 0 Å². The fourth-order valence-corrected chi connectivity index (χ4v) is 2.68. The van der Waals surface area contributed by atoms with Crippen molar-refractivity contribution < 1.29 is 4.74 Å². The van der Waals surface area contributed by atoms with Gasteiger partial charge in [0, 0.05) is 31.3 Å². The van der Waals surface area contributed by atoms with Gasteiger partial charge in [0.2, 0.25) is 0 Å². The third-order valence-electron chi connectivity index (χ3n) is 4.04. The average Bonchev–Trinajstić information content (AvgIpc) is 2.31. The lowest BCUT2D eigenvalue weighted by Crippen LogP contribution is -2.58. The first-order valence-electron chi connectivity index (χ1n) is 6.21. The Hall–Kier alpha value is -0.120. The molecule has 0 aromatic heterocycles. The molecule has 3 nitrogen and oxygen atoms in total. The highest BCUT2D eigenvalue weighted by Gasteiger charge is 2.37. The highest BCUT2D eigenvalue weighted by molar-refractivity contribution is 4.94. The molecule has 1 saturated heterocycles. The highest BCUT2D eigenvalue weighted by Crippen LogP contribution is 2.29. The van der Waals surface area contributed by atoms with Crippen molar-refractivity contribution in [3.63, 3.8) is 0 Å². The first-order valence-corrected chi connectivity index (χ1v) is 6.21. The van der Waals surface area contributed by atoms with Crippen LogP contribution in [0.1, 0.15) is 39.5 Å². The normalized spacial score (nSPS) is 21.2. The third kappa shape index (κ3) is 2.71. The van der Waals surface area contributed by atoms with Crippen molar-refractivity contribution in [2.45, 2.75) is 51.1 Å². The molecule has 90 valence electrons. The van der Waals surface area contributed by atoms with Gasteiger partial charge >= 0.3 is 0 Å². The number of hydrogen-bond donors (Lipinski definition) is 1. The first kappa shape index (κ1) is 12.9. The Morgan fingerprint density at radius 3 is 2.20 bits per heavy atom. The monoisotopic (exact) mass is 214 g/mol. The molecule has 0 amide bonds. The Labute approximate surface area is 94.0 Å². The van der Waals surface area contributed by atoms with Crippen molar-refractivity contribution in [2.24, 2.45) is 5.73 Å². The number of hydrogen-bond acceptors (Lipinski definition) is 3. The van der Waals surface area contributed by atoms with Crippen LogP contribution in [0, 0.1) is 0 Å². The minimum absolute atomic E-state index is 0.189. The van der Waals surface area contributed by atoms with E-state index in [0.717, 1.165) is 32.6 Å². The molecular weight excluding hydrogens is 188 g/mol. The van der Waals surface area contributed by atoms with Crippen molar-refractivity contribution in [3.05, 3.63) is 0 Å². The lowest BCUT2D eigenvalue weighted by atomic mass is 9.86. The summed E-state index contributed by atoms with van der Waals surface area (Å²) in [6, 6.07) is 0.659. The summed E-state index contributed by atoms with van der Waals surface area (Å²) in [4.78, 5) is 2.51. The molecule has 1 fully saturated rings. The predicted octanol–water partition coefficient (Wildman–Crippen LogP) is 1.61. The van der Waals surface area contributed by atoms with E-state index < -0.39 is 0 Å². The van der Waals surface area contributed by atoms with Crippen LogP contribution in [-0.4, -0.2) is 43.3 Å². The molecule has 3 heteroatoms. The van der Waals surface area contributed by atoms with Gasteiger partial charge in [0.25, 0.3) is 0 Å². The molecule has 0 spiro atoms. The summed E-state index contributed by atoms with van der Waals surface area (Å²) in [6.07, 6.45) is 4.57. The quantitative estimate of drug-likeness (QED) is 0.755. The maximum Gasteiger partial charge on any atom is 0.0484 e. The van der Waals surface area contributed by atoms with E-state index in [0.29, 0.717) is 6.04 Å². The summed E-state index contributed by atoms with van der Waals surface area (Å²) in [7, 11) is 2.23. The summed E-state index contributed by atoms with van der Waals surface area (Å²) in [5.41, 5.74) is 6.18. The van der Waals surface area contributed by atoms with Gasteiger partial charge in [-0.05, 0) is 32.7 Å². The van der Waals surface area contributed by atoms with Crippen LogP contribution in [0.2, 0.25) is 0 Å². The smallest absolute Gasteiger partial charge is 0.0484 e. The van der Waals surface area contributed by atoms with E-state index in [4.69, 9.17) is 10.5 Å². The molecule has 0 aromatic carbocycles. The molecule has 1 rings (SSSR count). The number of nitrogens with two attached hydrogens (primary N) is 1. The molecule has 15 heavy (non-hydrogen) atoms. The molecule has 1 aliphatic rings. The van der Waals surface area contributed by atoms with Crippen LogP contribution in [0.15, 0.2) is 0 Å². The summed E-state index contributed by atoms with van der Waals surface area (Å²) < 4.78 is 5.44. The zero-order valence-corrected chi connectivity index (χ0v) is 10.5. The number of nitrogens with zero attached hydrogens (tertiary/aromatic N) is 1. The topological polar surface area (TPSA) is 38.5 Å². The van der Waals surface area contributed by atoms with Gasteiger partial charge in [-0.15, -0.1) is 0 Å². The maximum absolute atomic E-state index is 5.99. The second-order valence-electron chi connectivity index (χ2n) is 4.62. The number of ether oxygens (including phenoxy) is 1. The molecule has 0 atom stereocenters. The molecule has 1 heterocycles. The van der Waals surface area contributed by atoms with Crippen LogP contribution in [0.3, 0.4) is 0 Å². The van der Waals surface area contributed by atoms with Crippen LogP contribution in [0.4, 0.5) is 0 Å². The van der Waals surface area contributed by atoms with E-state index in [1.54, 1.807) is 0 Å². The lowest BCUT2D eigenvalue weighted by Gasteiger charge is -2.47. The van der Waals surface area contributed by atoms with E-state index in [2.05, 4.69) is 25.8 Å². The Kier molecular flexibility index (Phi) is 5.03. The van der Waals surface area contributed by atoms with Gasteiger partial charge in [-0.25, -0.2) is 0 Å². The molecule has 0 saturated carbocycles. The van der Waals surface area contributed by atoms with Gasteiger partial charge in [-0.1, -0.05) is 13.8 Å². The Bertz CT molecular complexity index is 174. The summed E-state index contributed by atoms with van der Waals surface area (Å²) in [6.45, 7) is 7.00. The van der Waals surface area contributed by atoms with Crippen LogP contribution in [0.5, 0.6) is 0 Å². The molecule has 1 aliphatic heterocycles. The van der Waals surface area contributed by atoms with Crippen molar-refractivity contribution in [2.75, 3.05) is 26.8 Å². The standard InChI is InChI=1S/C12H26N2O/c1-4-11(5-2)14(3)12(10-13)6-8-15-9-7-12/h11H,4-10,13H2,1-3H3. The largest absolute Gasteiger partial charge is 0.381 e. The molecule has 0 aliphatic carbocycles. The van der Waals surface area contributed by atoms with Crippen LogP contribution in [0.25, 0.3) is 0 Å². The molecule has 2 N–H and O–H groups in total. The SMILES string of the molecule is CCC(CC)N(C)C1(CN)CCOCC1. The second kappa shape index (κ2) is 5.83. The Morgan fingerprint density at radius 2 is 1.80 bits per heavy atom. The van der Waals surface area contributed by atoms with E-state index in [-0.39, 0.29) is 5.54 Å². The summed E-state index contributed by atoms with van der Waals surface area (Å²) in [5, 5.41) is 0. The van der Waals surface area contributed by atoms with Crippen LogP contribution >= 0.6 is 0 Å². The summed E-state index contributed by atoms with van der Waals surface area (Å²) >= 11 is 0. The van der Waals surface area contributed by atoms with Gasteiger partial charge in [0.05, 0.1) is 0 Å². The zero-order chi connectivity index (χ0) is 11.3. The third-order valence-corrected chi connectivity index (χ3v) is 4.04. The minimum atomic E-state index is 0.189. The Balaban J connectivity index is 2.70. The maximum atomic E-state index is 5.99. The van der Waals surface area contributed by atoms with Gasteiger partial charge in [-0.2, -0.15) is 0 Å². The molecule has 0 radical (unpaired) electrons. The van der Waals surface area contributed by atoms with Gasteiger partial charge < -0.3 is 10.5 Å². The van der Waals surface area contributed by atoms with E-state index in [1.807, 2.05) is 0 Å². The van der Waals surface area contributed by atoms with Gasteiger partial charge in [-0.3, -0.25) is 4.90 Å². The van der Waals surface area contributed by atoms with Crippen LogP contribution < -0.4 is 5.73 Å². The minimum Gasteiger partial charge on any atom is -0.381 e. The lowest BCUT2D eigenvalue weighted by molar-refractivity contribution is -0.0318. The fourth-order valence-electron chi connectivity index (χ4n) is 2.68. The number of rotatable bonds is 5. The van der Waals surface area contributed by atoms with Crippen LogP contribution in [-0.2, 0) is 4.74 Å². The zero-order valence-electron chi connectivity index (χ0n) is 10.5. The molecule has 0 aromatic rings. The number of likely N-dealkylation sites (N-methyl/N-ethyl adjacent to an activating group) is 1. The van der Waals surface area contributed by atoms with Crippen molar-refractivity contribution in [1.82, 2.24) is 4.90 Å². The van der Waals surface area contributed by atoms with Gasteiger partial charge in [0.15, 0.2) is 0 Å². The van der Waals surface area contributed by atoms with Crippen molar-refractivity contribution >= 4 is 0 Å². The van der Waals surface area contributed by atoms with Crippen molar-refractivity contribution in [3.8, 4) is 0 Å². The summed E-state index contributed by atoms with van der Waals surface area (Å²) in [5.74, 6) is 0. The Morgan fingerprint density at radius 1 is 1.27 bits per heavy atom. The first-order chi connectivity index (χ1) is 7.20. The van der Waals surface area contributed by atoms with E-state index in [1.165, 1.54) is 12.8 Å². The molecule has 0 bridgehead atoms. The fraction of sp³-hybridized carbons (Fsp3) is 1.00. The molecule has 0 unspecified atom stereocenters. The van der Waals surface area contributed by atoms with Crippen molar-refractivity contribution in [1.29, 1.82) is 0 Å². The predicted molar refractivity (Wildman–Crippen MR) is 64.0 cm³/mol. The average molecular weight is 214 g/mol.